The van der Waals surface area contributed by atoms with Gasteiger partial charge in [0.15, 0.2) is 5.96 Å². The Balaban J connectivity index is 2.30. The molecule has 6 heteroatoms. The van der Waals surface area contributed by atoms with E-state index < -0.39 is 0 Å². The number of aliphatic imine (C=N–C) groups is 1. The minimum absolute atomic E-state index is 0.133. The number of hydrogen-bond acceptors (Lipinski definition) is 3. The third-order valence-corrected chi connectivity index (χ3v) is 5.31. The van der Waals surface area contributed by atoms with E-state index in [1.165, 1.54) is 25.7 Å². The van der Waals surface area contributed by atoms with Gasteiger partial charge in [-0.15, -0.1) is 0 Å². The van der Waals surface area contributed by atoms with Crippen molar-refractivity contribution in [1.82, 2.24) is 20.9 Å². The zero-order chi connectivity index (χ0) is 19.9. The molecule has 1 fully saturated rings. The molecule has 1 atom stereocenters. The Hall–Kier alpha value is -1.30. The van der Waals surface area contributed by atoms with Crippen LogP contribution < -0.4 is 16.0 Å². The monoisotopic (exact) mass is 381 g/mol. The van der Waals surface area contributed by atoms with Crippen LogP contribution in [0.5, 0.6) is 0 Å². The van der Waals surface area contributed by atoms with Crippen LogP contribution >= 0.6 is 0 Å². The number of amides is 1. The Morgan fingerprint density at radius 1 is 1.15 bits per heavy atom. The van der Waals surface area contributed by atoms with E-state index in [0.717, 1.165) is 51.4 Å². The Labute approximate surface area is 166 Å². The summed E-state index contributed by atoms with van der Waals surface area (Å²) in [6.07, 6.45) is 8.80. The van der Waals surface area contributed by atoms with Gasteiger partial charge in [0.2, 0.25) is 5.91 Å². The summed E-state index contributed by atoms with van der Waals surface area (Å²) in [5, 5.41) is 9.92. The number of hydrogen-bond donors (Lipinski definition) is 3. The van der Waals surface area contributed by atoms with Crippen molar-refractivity contribution in [2.45, 2.75) is 91.1 Å². The van der Waals surface area contributed by atoms with Crippen LogP contribution in [0, 0.1) is 0 Å². The van der Waals surface area contributed by atoms with Crippen LogP contribution in [0.2, 0.25) is 0 Å². The molecule has 0 aliphatic heterocycles. The first-order valence-electron chi connectivity index (χ1n) is 11.2. The molecule has 1 amide bonds. The minimum Gasteiger partial charge on any atom is -0.357 e. The first kappa shape index (κ1) is 23.7. The second-order valence-electron chi connectivity index (χ2n) is 7.63. The molecule has 1 rings (SSSR count). The van der Waals surface area contributed by atoms with E-state index in [4.69, 9.17) is 0 Å². The molecule has 158 valence electrons. The predicted molar refractivity (Wildman–Crippen MR) is 115 cm³/mol. The van der Waals surface area contributed by atoms with Gasteiger partial charge in [0.25, 0.3) is 0 Å². The summed E-state index contributed by atoms with van der Waals surface area (Å²) < 4.78 is 0. The van der Waals surface area contributed by atoms with E-state index >= 15 is 0 Å². The highest BCUT2D eigenvalue weighted by atomic mass is 16.1. The quantitative estimate of drug-likeness (QED) is 0.359. The minimum atomic E-state index is 0.133. The van der Waals surface area contributed by atoms with Crippen LogP contribution in [0.15, 0.2) is 4.99 Å². The second kappa shape index (κ2) is 14.7. The molecule has 27 heavy (non-hydrogen) atoms. The topological polar surface area (TPSA) is 68.8 Å². The molecule has 0 aromatic rings. The van der Waals surface area contributed by atoms with Crippen LogP contribution in [0.1, 0.15) is 79.1 Å². The Morgan fingerprint density at radius 3 is 2.48 bits per heavy atom. The Morgan fingerprint density at radius 2 is 1.85 bits per heavy atom. The lowest BCUT2D eigenvalue weighted by molar-refractivity contribution is -0.121. The first-order valence-corrected chi connectivity index (χ1v) is 11.2. The van der Waals surface area contributed by atoms with Crippen molar-refractivity contribution in [2.24, 2.45) is 4.99 Å². The van der Waals surface area contributed by atoms with E-state index in [0.29, 0.717) is 25.0 Å². The summed E-state index contributed by atoms with van der Waals surface area (Å²) in [4.78, 5) is 19.1. The number of rotatable bonds is 12. The molecule has 0 aromatic heterocycles. The summed E-state index contributed by atoms with van der Waals surface area (Å²) in [7, 11) is 0. The molecule has 1 unspecified atom stereocenters. The van der Waals surface area contributed by atoms with Crippen LogP contribution in [0.3, 0.4) is 0 Å². The maximum absolute atomic E-state index is 12.1. The van der Waals surface area contributed by atoms with Crippen molar-refractivity contribution in [3.63, 3.8) is 0 Å². The Bertz CT molecular complexity index is 417. The van der Waals surface area contributed by atoms with Gasteiger partial charge in [-0.3, -0.25) is 9.79 Å². The zero-order valence-electron chi connectivity index (χ0n) is 18.1. The molecule has 3 N–H and O–H groups in total. The summed E-state index contributed by atoms with van der Waals surface area (Å²) in [5.74, 6) is 0.951. The first-order chi connectivity index (χ1) is 13.1. The van der Waals surface area contributed by atoms with Gasteiger partial charge in [-0.05, 0) is 59.2 Å². The van der Waals surface area contributed by atoms with Crippen LogP contribution in [0.4, 0.5) is 0 Å². The fraction of sp³-hybridized carbons (Fsp3) is 0.905. The molecule has 0 heterocycles. The summed E-state index contributed by atoms with van der Waals surface area (Å²) in [5.41, 5.74) is 0. The van der Waals surface area contributed by atoms with Crippen molar-refractivity contribution in [3.05, 3.63) is 0 Å². The maximum Gasteiger partial charge on any atom is 0.222 e. The number of guanidine groups is 1. The fourth-order valence-electron chi connectivity index (χ4n) is 3.60. The molecule has 1 saturated carbocycles. The van der Waals surface area contributed by atoms with Crippen molar-refractivity contribution in [1.29, 1.82) is 0 Å². The summed E-state index contributed by atoms with van der Waals surface area (Å²) >= 11 is 0. The van der Waals surface area contributed by atoms with Crippen molar-refractivity contribution < 1.29 is 4.79 Å². The number of nitrogens with one attached hydrogen (secondary N) is 3. The number of carbonyl (C=O) groups is 1. The largest absolute Gasteiger partial charge is 0.357 e. The van der Waals surface area contributed by atoms with Gasteiger partial charge in [-0.25, -0.2) is 0 Å². The molecular formula is C21H43N5O. The van der Waals surface area contributed by atoms with Crippen molar-refractivity contribution in [2.75, 3.05) is 32.7 Å². The van der Waals surface area contributed by atoms with Gasteiger partial charge in [-0.2, -0.15) is 0 Å². The highest BCUT2D eigenvalue weighted by Crippen LogP contribution is 2.17. The molecule has 0 bridgehead atoms. The standard InChI is InChI=1S/C21H43N5O/c1-5-22-21(24-18(4)12-11-17-26(6-2)7-3)23-16-15-20(27)25-19-13-9-8-10-14-19/h18-19H,5-17H2,1-4H3,(H,25,27)(H2,22,23,24). The molecule has 0 aromatic carbocycles. The highest BCUT2D eigenvalue weighted by Gasteiger charge is 2.15. The summed E-state index contributed by atoms with van der Waals surface area (Å²) in [6.45, 7) is 13.4. The molecule has 1 aliphatic carbocycles. The van der Waals surface area contributed by atoms with Crippen LogP contribution in [-0.2, 0) is 4.79 Å². The van der Waals surface area contributed by atoms with Crippen LogP contribution in [0.25, 0.3) is 0 Å². The van der Waals surface area contributed by atoms with E-state index in [9.17, 15) is 4.79 Å². The van der Waals surface area contributed by atoms with Gasteiger partial charge < -0.3 is 20.9 Å². The average Bonchev–Trinajstić information content (AvgIpc) is 2.66. The summed E-state index contributed by atoms with van der Waals surface area (Å²) in [6, 6.07) is 0.752. The molecule has 0 spiro atoms. The van der Waals surface area contributed by atoms with E-state index in [2.05, 4.69) is 53.5 Å². The SMILES string of the molecule is CCNC(=NCCC(=O)NC1CCCCC1)NC(C)CCCN(CC)CC. The molecule has 1 aliphatic rings. The molecule has 0 saturated heterocycles. The van der Waals surface area contributed by atoms with Crippen LogP contribution in [-0.4, -0.2) is 61.6 Å². The smallest absolute Gasteiger partial charge is 0.222 e. The van der Waals surface area contributed by atoms with E-state index in [1.54, 1.807) is 0 Å². The lowest BCUT2D eigenvalue weighted by Gasteiger charge is -2.22. The number of carbonyl (C=O) groups excluding carboxylic acids is 1. The predicted octanol–water partition coefficient (Wildman–Crippen LogP) is 2.89. The van der Waals surface area contributed by atoms with Gasteiger partial charge in [0, 0.05) is 25.0 Å². The lowest BCUT2D eigenvalue weighted by Crippen LogP contribution is -2.42. The van der Waals surface area contributed by atoms with Crippen molar-refractivity contribution >= 4 is 11.9 Å². The molecule has 0 radical (unpaired) electrons. The Kier molecular flexibility index (Phi) is 12.9. The molecule has 6 nitrogen and oxygen atoms in total. The fourth-order valence-corrected chi connectivity index (χ4v) is 3.60. The number of nitrogens with zero attached hydrogens (tertiary/aromatic N) is 2. The highest BCUT2D eigenvalue weighted by molar-refractivity contribution is 5.81. The maximum atomic E-state index is 12.1. The second-order valence-corrected chi connectivity index (χ2v) is 7.63. The molecular weight excluding hydrogens is 338 g/mol. The van der Waals surface area contributed by atoms with Gasteiger partial charge in [-0.1, -0.05) is 33.1 Å². The zero-order valence-corrected chi connectivity index (χ0v) is 18.1. The third kappa shape index (κ3) is 11.2. The normalized spacial score (nSPS) is 17.0. The van der Waals surface area contributed by atoms with Gasteiger partial charge in [0.1, 0.15) is 0 Å². The van der Waals surface area contributed by atoms with Gasteiger partial charge in [0.05, 0.1) is 6.54 Å². The van der Waals surface area contributed by atoms with E-state index in [-0.39, 0.29) is 5.91 Å². The average molecular weight is 382 g/mol. The lowest BCUT2D eigenvalue weighted by atomic mass is 9.95. The van der Waals surface area contributed by atoms with Gasteiger partial charge >= 0.3 is 0 Å². The third-order valence-electron chi connectivity index (χ3n) is 5.31. The van der Waals surface area contributed by atoms with Crippen molar-refractivity contribution in [3.8, 4) is 0 Å². The van der Waals surface area contributed by atoms with E-state index in [1.807, 2.05) is 0 Å².